The van der Waals surface area contributed by atoms with Gasteiger partial charge < -0.3 is 10.5 Å². The summed E-state index contributed by atoms with van der Waals surface area (Å²) in [5.74, 6) is 0.693. The summed E-state index contributed by atoms with van der Waals surface area (Å²) < 4.78 is 7.25. The van der Waals surface area contributed by atoms with Gasteiger partial charge in [0.25, 0.3) is 5.56 Å². The van der Waals surface area contributed by atoms with Crippen molar-refractivity contribution in [3.8, 4) is 11.4 Å². The molecule has 1 aliphatic rings. The molecule has 4 aromatic rings. The fourth-order valence-corrected chi connectivity index (χ4v) is 6.52. The molecular weight excluding hydrogens is 454 g/mol. The van der Waals surface area contributed by atoms with Crippen LogP contribution in [-0.4, -0.2) is 22.6 Å². The van der Waals surface area contributed by atoms with Gasteiger partial charge in [0.1, 0.15) is 10.6 Å². The Kier molecular flexibility index (Phi) is 5.95. The first-order chi connectivity index (χ1) is 16.1. The number of carbonyl (C=O) groups excluding carboxylic acids is 1. The summed E-state index contributed by atoms with van der Waals surface area (Å²) >= 11 is 3.10. The Hall–Kier alpha value is -3.10. The average molecular weight is 478 g/mol. The second-order valence-electron chi connectivity index (χ2n) is 7.95. The van der Waals surface area contributed by atoms with Gasteiger partial charge in [0.15, 0.2) is 5.16 Å². The number of hydrogen-bond donors (Lipinski definition) is 1. The molecule has 168 valence electrons. The molecule has 0 spiro atoms. The van der Waals surface area contributed by atoms with Crippen LogP contribution in [0.4, 0.5) is 0 Å². The van der Waals surface area contributed by atoms with Crippen LogP contribution in [0.15, 0.2) is 58.5 Å². The largest absolute Gasteiger partial charge is 0.495 e. The molecule has 0 unspecified atom stereocenters. The standard InChI is InChI=1S/C25H23N3O3S2/c1-31-19-11-4-3-10-18(19)28-24(30)21-17-9-2-5-12-20(17)33-23(21)27-25(28)32-14-15-7-6-8-16(13-15)22(26)29/h3-4,6-8,10-11,13H,2,5,9,12,14H2,1H3,(H2,26,29). The van der Waals surface area contributed by atoms with E-state index < -0.39 is 5.91 Å². The number of thiophene rings is 1. The maximum atomic E-state index is 13.9. The lowest BCUT2D eigenvalue weighted by Gasteiger charge is -2.16. The van der Waals surface area contributed by atoms with Gasteiger partial charge in [-0.3, -0.25) is 14.2 Å². The molecule has 33 heavy (non-hydrogen) atoms. The second kappa shape index (κ2) is 9.03. The topological polar surface area (TPSA) is 87.2 Å². The van der Waals surface area contributed by atoms with Gasteiger partial charge in [0, 0.05) is 16.2 Å². The maximum absolute atomic E-state index is 13.9. The normalized spacial score (nSPS) is 13.1. The Morgan fingerprint density at radius 1 is 1.18 bits per heavy atom. The van der Waals surface area contributed by atoms with Gasteiger partial charge in [-0.25, -0.2) is 4.98 Å². The van der Waals surface area contributed by atoms with E-state index in [9.17, 15) is 9.59 Å². The zero-order chi connectivity index (χ0) is 22.9. The number of primary amides is 1. The van der Waals surface area contributed by atoms with Crippen LogP contribution in [-0.2, 0) is 18.6 Å². The summed E-state index contributed by atoms with van der Waals surface area (Å²) in [5.41, 5.74) is 8.60. The predicted octanol–water partition coefficient (Wildman–Crippen LogP) is 4.73. The summed E-state index contributed by atoms with van der Waals surface area (Å²) in [6.07, 6.45) is 4.18. The van der Waals surface area contributed by atoms with Gasteiger partial charge in [-0.15, -0.1) is 11.3 Å². The molecule has 0 aliphatic heterocycles. The van der Waals surface area contributed by atoms with E-state index in [1.807, 2.05) is 36.4 Å². The van der Waals surface area contributed by atoms with Crippen molar-refractivity contribution in [1.82, 2.24) is 9.55 Å². The van der Waals surface area contributed by atoms with E-state index in [2.05, 4.69) is 0 Å². The number of amides is 1. The fraction of sp³-hybridized carbons (Fsp3) is 0.240. The highest BCUT2D eigenvalue weighted by molar-refractivity contribution is 7.98. The number of fused-ring (bicyclic) bond motifs is 3. The minimum absolute atomic E-state index is 0.0581. The third-order valence-corrected chi connectivity index (χ3v) is 8.06. The molecule has 1 aliphatic carbocycles. The van der Waals surface area contributed by atoms with Gasteiger partial charge >= 0.3 is 0 Å². The number of nitrogens with two attached hydrogens (primary N) is 1. The Bertz CT molecular complexity index is 1420. The molecule has 0 bridgehead atoms. The summed E-state index contributed by atoms with van der Waals surface area (Å²) in [5, 5.41) is 1.33. The highest BCUT2D eigenvalue weighted by Gasteiger charge is 2.24. The molecule has 5 rings (SSSR count). The van der Waals surface area contributed by atoms with Crippen molar-refractivity contribution in [2.75, 3.05) is 7.11 Å². The van der Waals surface area contributed by atoms with Crippen LogP contribution in [0.25, 0.3) is 15.9 Å². The third-order valence-electron chi connectivity index (χ3n) is 5.86. The number of rotatable bonds is 6. The molecule has 2 heterocycles. The van der Waals surface area contributed by atoms with E-state index in [1.54, 1.807) is 35.1 Å². The molecule has 0 radical (unpaired) electrons. The van der Waals surface area contributed by atoms with Gasteiger partial charge in [0.2, 0.25) is 5.91 Å². The van der Waals surface area contributed by atoms with Crippen molar-refractivity contribution in [3.63, 3.8) is 0 Å². The number of aryl methyl sites for hydroxylation is 2. The molecule has 0 fully saturated rings. The SMILES string of the molecule is COc1ccccc1-n1c(SCc2cccc(C(N)=O)c2)nc2sc3c(c2c1=O)CCCC3. The van der Waals surface area contributed by atoms with E-state index in [-0.39, 0.29) is 5.56 Å². The Morgan fingerprint density at radius 2 is 2.00 bits per heavy atom. The molecule has 0 saturated carbocycles. The molecule has 0 atom stereocenters. The van der Waals surface area contributed by atoms with Crippen LogP contribution in [0.3, 0.4) is 0 Å². The number of hydrogen-bond acceptors (Lipinski definition) is 6. The Labute approximate surface area is 199 Å². The zero-order valence-corrected chi connectivity index (χ0v) is 19.8. The lowest BCUT2D eigenvalue weighted by molar-refractivity contribution is 0.1000. The molecule has 1 amide bonds. The number of benzene rings is 2. The smallest absolute Gasteiger partial charge is 0.267 e. The lowest BCUT2D eigenvalue weighted by atomic mass is 9.97. The van der Waals surface area contributed by atoms with Crippen molar-refractivity contribution in [3.05, 3.63) is 80.5 Å². The van der Waals surface area contributed by atoms with Gasteiger partial charge in [-0.05, 0) is 61.1 Å². The first-order valence-electron chi connectivity index (χ1n) is 10.8. The van der Waals surface area contributed by atoms with E-state index in [4.69, 9.17) is 15.5 Å². The van der Waals surface area contributed by atoms with E-state index in [0.717, 1.165) is 47.0 Å². The van der Waals surface area contributed by atoms with Gasteiger partial charge in [-0.2, -0.15) is 0 Å². The van der Waals surface area contributed by atoms with Crippen molar-refractivity contribution in [2.24, 2.45) is 5.73 Å². The van der Waals surface area contributed by atoms with Crippen molar-refractivity contribution in [2.45, 2.75) is 36.6 Å². The van der Waals surface area contributed by atoms with Crippen LogP contribution >= 0.6 is 23.1 Å². The van der Waals surface area contributed by atoms with Crippen molar-refractivity contribution in [1.29, 1.82) is 0 Å². The van der Waals surface area contributed by atoms with E-state index in [0.29, 0.717) is 27.9 Å². The zero-order valence-electron chi connectivity index (χ0n) is 18.2. The monoisotopic (exact) mass is 477 g/mol. The van der Waals surface area contributed by atoms with E-state index in [1.165, 1.54) is 16.6 Å². The molecule has 2 N–H and O–H groups in total. The third kappa shape index (κ3) is 4.05. The Balaban J connectivity index is 1.66. The summed E-state index contributed by atoms with van der Waals surface area (Å²) in [4.78, 5) is 32.5. The fourth-order valence-electron chi connectivity index (χ4n) is 4.27. The Morgan fingerprint density at radius 3 is 2.82 bits per heavy atom. The first-order valence-corrected chi connectivity index (χ1v) is 12.6. The van der Waals surface area contributed by atoms with Gasteiger partial charge in [0.05, 0.1) is 18.2 Å². The second-order valence-corrected chi connectivity index (χ2v) is 9.98. The molecule has 6 nitrogen and oxygen atoms in total. The quantitative estimate of drug-likeness (QED) is 0.321. The summed E-state index contributed by atoms with van der Waals surface area (Å²) in [7, 11) is 1.60. The number of aromatic nitrogens is 2. The highest BCUT2D eigenvalue weighted by Crippen LogP contribution is 2.36. The summed E-state index contributed by atoms with van der Waals surface area (Å²) in [6.45, 7) is 0. The van der Waals surface area contributed by atoms with Crippen LogP contribution < -0.4 is 16.0 Å². The number of carbonyl (C=O) groups is 1. The van der Waals surface area contributed by atoms with E-state index >= 15 is 0 Å². The predicted molar refractivity (Wildman–Crippen MR) is 133 cm³/mol. The number of para-hydroxylation sites is 2. The molecule has 8 heteroatoms. The van der Waals surface area contributed by atoms with Crippen LogP contribution in [0.1, 0.15) is 39.2 Å². The number of nitrogens with zero attached hydrogens (tertiary/aromatic N) is 2. The molecule has 2 aromatic carbocycles. The van der Waals surface area contributed by atoms with Crippen LogP contribution in [0.5, 0.6) is 5.75 Å². The van der Waals surface area contributed by atoms with Crippen LogP contribution in [0.2, 0.25) is 0 Å². The lowest BCUT2D eigenvalue weighted by Crippen LogP contribution is -2.22. The average Bonchev–Trinajstić information content (AvgIpc) is 3.21. The van der Waals surface area contributed by atoms with Crippen molar-refractivity contribution < 1.29 is 9.53 Å². The minimum Gasteiger partial charge on any atom is -0.495 e. The maximum Gasteiger partial charge on any atom is 0.267 e. The molecule has 0 saturated heterocycles. The minimum atomic E-state index is -0.462. The first kappa shape index (κ1) is 21.7. The van der Waals surface area contributed by atoms with Crippen LogP contribution in [0, 0.1) is 0 Å². The number of thioether (sulfide) groups is 1. The van der Waals surface area contributed by atoms with Crippen molar-refractivity contribution >= 4 is 39.2 Å². The number of methoxy groups -OCH3 is 1. The molecular formula is C25H23N3O3S2. The number of ether oxygens (including phenoxy) is 1. The highest BCUT2D eigenvalue weighted by atomic mass is 32.2. The summed E-state index contributed by atoms with van der Waals surface area (Å²) in [6, 6.07) is 14.7. The molecule has 2 aromatic heterocycles. The van der Waals surface area contributed by atoms with Gasteiger partial charge in [-0.1, -0.05) is 36.0 Å².